The number of carbonyl (C=O) groups excluding carboxylic acids is 2. The number of hydrogen-bond acceptors (Lipinski definition) is 6. The highest BCUT2D eigenvalue weighted by Crippen LogP contribution is 2.06. The zero-order chi connectivity index (χ0) is 20.4. The summed E-state index contributed by atoms with van der Waals surface area (Å²) in [7, 11) is 0. The molecule has 2 amide bonds. The van der Waals surface area contributed by atoms with Crippen LogP contribution in [0.1, 0.15) is 38.4 Å². The summed E-state index contributed by atoms with van der Waals surface area (Å²) in [6, 6.07) is 9.45. The van der Waals surface area contributed by atoms with Crippen molar-refractivity contribution < 1.29 is 19.1 Å². The number of aromatic nitrogens is 3. The molecule has 0 unspecified atom stereocenters. The molecule has 9 heteroatoms. The highest BCUT2D eigenvalue weighted by Gasteiger charge is 2.15. The van der Waals surface area contributed by atoms with E-state index in [2.05, 4.69) is 20.9 Å². The number of nitrogens with one attached hydrogen (secondary N) is 2. The van der Waals surface area contributed by atoms with Crippen LogP contribution in [0.25, 0.3) is 0 Å². The Hall–Kier alpha value is -3.10. The van der Waals surface area contributed by atoms with Crippen LogP contribution in [0.2, 0.25) is 0 Å². The van der Waals surface area contributed by atoms with Crippen LogP contribution in [-0.2, 0) is 29.2 Å². The minimum Gasteiger partial charge on any atom is -0.445 e. The van der Waals surface area contributed by atoms with Crippen molar-refractivity contribution >= 4 is 12.2 Å². The van der Waals surface area contributed by atoms with Gasteiger partial charge in [-0.05, 0) is 32.8 Å². The Balaban J connectivity index is 1.61. The highest BCUT2D eigenvalue weighted by molar-refractivity contribution is 5.67. The molecule has 0 fully saturated rings. The molecule has 1 heterocycles. The number of nitrogens with zero attached hydrogens (tertiary/aromatic N) is 3. The van der Waals surface area contributed by atoms with Gasteiger partial charge in [0.1, 0.15) is 17.9 Å². The molecule has 0 aliphatic carbocycles. The second kappa shape index (κ2) is 10.3. The first-order chi connectivity index (χ1) is 13.3. The maximum atomic E-state index is 11.7. The summed E-state index contributed by atoms with van der Waals surface area (Å²) in [5, 5.41) is 13.3. The molecule has 0 aliphatic rings. The fourth-order valence-corrected chi connectivity index (χ4v) is 2.21. The molecule has 2 N–H and O–H groups in total. The molecule has 1 aromatic heterocycles. The van der Waals surface area contributed by atoms with Gasteiger partial charge in [0, 0.05) is 13.1 Å². The van der Waals surface area contributed by atoms with E-state index in [0.29, 0.717) is 25.2 Å². The molecular weight excluding hydrogens is 362 g/mol. The van der Waals surface area contributed by atoms with Gasteiger partial charge in [0.15, 0.2) is 0 Å². The molecular formula is C19H27N5O4. The summed E-state index contributed by atoms with van der Waals surface area (Å²) < 4.78 is 12.0. The zero-order valence-corrected chi connectivity index (χ0v) is 16.5. The van der Waals surface area contributed by atoms with Gasteiger partial charge in [-0.1, -0.05) is 35.5 Å². The lowest BCUT2D eigenvalue weighted by Gasteiger charge is -2.19. The molecule has 2 aromatic rings. The number of hydrogen-bond donors (Lipinski definition) is 2. The lowest BCUT2D eigenvalue weighted by Crippen LogP contribution is -2.33. The summed E-state index contributed by atoms with van der Waals surface area (Å²) in [4.78, 5) is 23.3. The van der Waals surface area contributed by atoms with E-state index < -0.39 is 17.8 Å². The van der Waals surface area contributed by atoms with Crippen molar-refractivity contribution in [2.45, 2.75) is 52.5 Å². The normalized spacial score (nSPS) is 11.0. The van der Waals surface area contributed by atoms with E-state index in [4.69, 9.17) is 9.47 Å². The van der Waals surface area contributed by atoms with Crippen molar-refractivity contribution in [1.29, 1.82) is 0 Å². The smallest absolute Gasteiger partial charge is 0.407 e. The van der Waals surface area contributed by atoms with Crippen LogP contribution in [-0.4, -0.2) is 39.3 Å². The molecule has 0 spiro atoms. The number of carbonyl (C=O) groups is 2. The fourth-order valence-electron chi connectivity index (χ4n) is 2.21. The molecule has 0 atom stereocenters. The Morgan fingerprint density at radius 3 is 2.57 bits per heavy atom. The van der Waals surface area contributed by atoms with Gasteiger partial charge in [-0.2, -0.15) is 0 Å². The van der Waals surface area contributed by atoms with Gasteiger partial charge in [-0.15, -0.1) is 5.10 Å². The van der Waals surface area contributed by atoms with Crippen molar-refractivity contribution in [3.8, 4) is 0 Å². The third-order valence-corrected chi connectivity index (χ3v) is 3.44. The third-order valence-electron chi connectivity index (χ3n) is 3.44. The van der Waals surface area contributed by atoms with Crippen molar-refractivity contribution in [2.24, 2.45) is 0 Å². The topological polar surface area (TPSA) is 107 Å². The standard InChI is InChI=1S/C19H27N5O4/c1-19(2,3)28-18(26)20-10-7-11-24-13-16(22-23-24)12-21-17(25)27-14-15-8-5-4-6-9-15/h4-6,8-9,13H,7,10-12,14H2,1-3H3,(H,20,26)(H,21,25). The van der Waals surface area contributed by atoms with E-state index in [1.807, 2.05) is 51.1 Å². The number of benzene rings is 1. The van der Waals surface area contributed by atoms with Crippen molar-refractivity contribution in [1.82, 2.24) is 25.6 Å². The summed E-state index contributed by atoms with van der Waals surface area (Å²) in [6.07, 6.45) is 1.46. The van der Waals surface area contributed by atoms with Gasteiger partial charge in [0.25, 0.3) is 0 Å². The third kappa shape index (κ3) is 8.52. The number of amides is 2. The molecule has 0 aliphatic heterocycles. The molecule has 9 nitrogen and oxygen atoms in total. The Morgan fingerprint density at radius 2 is 1.86 bits per heavy atom. The lowest BCUT2D eigenvalue weighted by molar-refractivity contribution is 0.0526. The van der Waals surface area contributed by atoms with Gasteiger partial charge < -0.3 is 20.1 Å². The van der Waals surface area contributed by atoms with Crippen molar-refractivity contribution in [2.75, 3.05) is 6.54 Å². The first-order valence-corrected chi connectivity index (χ1v) is 9.12. The van der Waals surface area contributed by atoms with E-state index in [1.165, 1.54) is 0 Å². The summed E-state index contributed by atoms with van der Waals surface area (Å²) in [5.74, 6) is 0. The Kier molecular flexibility index (Phi) is 7.79. The minimum absolute atomic E-state index is 0.212. The first kappa shape index (κ1) is 21.2. The Bertz CT molecular complexity index is 755. The average Bonchev–Trinajstić information content (AvgIpc) is 3.09. The maximum absolute atomic E-state index is 11.7. The minimum atomic E-state index is -0.514. The fraction of sp³-hybridized carbons (Fsp3) is 0.474. The second-order valence-corrected chi connectivity index (χ2v) is 7.17. The largest absolute Gasteiger partial charge is 0.445 e. The van der Waals surface area contributed by atoms with Crippen molar-refractivity contribution in [3.05, 3.63) is 47.8 Å². The van der Waals surface area contributed by atoms with Crippen LogP contribution in [0.5, 0.6) is 0 Å². The number of ether oxygens (including phenoxy) is 2. The van der Waals surface area contributed by atoms with E-state index in [9.17, 15) is 9.59 Å². The van der Waals surface area contributed by atoms with Gasteiger partial charge >= 0.3 is 12.2 Å². The van der Waals surface area contributed by atoms with Gasteiger partial charge in [0.2, 0.25) is 0 Å². The van der Waals surface area contributed by atoms with Crippen LogP contribution >= 0.6 is 0 Å². The van der Waals surface area contributed by atoms with Crippen molar-refractivity contribution in [3.63, 3.8) is 0 Å². The molecule has 1 aromatic carbocycles. The predicted octanol–water partition coefficient (Wildman–Crippen LogP) is 2.62. The molecule has 152 valence electrons. The predicted molar refractivity (Wildman–Crippen MR) is 102 cm³/mol. The number of rotatable bonds is 8. The first-order valence-electron chi connectivity index (χ1n) is 9.12. The van der Waals surface area contributed by atoms with Gasteiger partial charge in [-0.25, -0.2) is 9.59 Å². The SMILES string of the molecule is CC(C)(C)OC(=O)NCCCn1cc(CNC(=O)OCc2ccccc2)nn1. The maximum Gasteiger partial charge on any atom is 0.407 e. The summed E-state index contributed by atoms with van der Waals surface area (Å²) in [5.41, 5.74) is 1.03. The molecule has 2 rings (SSSR count). The van der Waals surface area contributed by atoms with E-state index >= 15 is 0 Å². The van der Waals surface area contributed by atoms with E-state index in [1.54, 1.807) is 10.9 Å². The monoisotopic (exact) mass is 389 g/mol. The molecule has 0 radical (unpaired) electrons. The molecule has 0 bridgehead atoms. The summed E-state index contributed by atoms with van der Waals surface area (Å²) in [6.45, 7) is 6.93. The van der Waals surface area contributed by atoms with Crippen LogP contribution in [0, 0.1) is 0 Å². The zero-order valence-electron chi connectivity index (χ0n) is 16.5. The van der Waals surface area contributed by atoms with E-state index in [-0.39, 0.29) is 13.2 Å². The Morgan fingerprint density at radius 1 is 1.11 bits per heavy atom. The molecule has 0 saturated carbocycles. The van der Waals surface area contributed by atoms with Crippen LogP contribution in [0.15, 0.2) is 36.5 Å². The molecule has 0 saturated heterocycles. The van der Waals surface area contributed by atoms with Crippen LogP contribution < -0.4 is 10.6 Å². The quantitative estimate of drug-likeness (QED) is 0.672. The highest BCUT2D eigenvalue weighted by atomic mass is 16.6. The number of aryl methyl sites for hydroxylation is 1. The number of alkyl carbamates (subject to hydrolysis) is 2. The average molecular weight is 389 g/mol. The summed E-state index contributed by atoms with van der Waals surface area (Å²) >= 11 is 0. The van der Waals surface area contributed by atoms with Gasteiger partial charge in [0.05, 0.1) is 12.7 Å². The van der Waals surface area contributed by atoms with Crippen LogP contribution in [0.3, 0.4) is 0 Å². The second-order valence-electron chi connectivity index (χ2n) is 7.17. The van der Waals surface area contributed by atoms with Crippen LogP contribution in [0.4, 0.5) is 9.59 Å². The Labute approximate surface area is 164 Å². The van der Waals surface area contributed by atoms with E-state index in [0.717, 1.165) is 5.56 Å². The van der Waals surface area contributed by atoms with Gasteiger partial charge in [-0.3, -0.25) is 4.68 Å². The lowest BCUT2D eigenvalue weighted by atomic mass is 10.2. The molecule has 28 heavy (non-hydrogen) atoms.